The van der Waals surface area contributed by atoms with E-state index in [1.54, 1.807) is 42.5 Å². The van der Waals surface area contributed by atoms with Crippen LogP contribution in [0.2, 0.25) is 5.02 Å². The van der Waals surface area contributed by atoms with Crippen LogP contribution in [0.1, 0.15) is 20.9 Å². The Balaban J connectivity index is 1.61. The summed E-state index contributed by atoms with van der Waals surface area (Å²) in [5.41, 5.74) is 1.67. The summed E-state index contributed by atoms with van der Waals surface area (Å²) < 4.78 is 10.8. The smallest absolute Gasteiger partial charge is 0.338 e. The maximum absolute atomic E-state index is 12.4. The van der Waals surface area contributed by atoms with Gasteiger partial charge in [0.1, 0.15) is 12.4 Å². The third kappa shape index (κ3) is 5.47. The van der Waals surface area contributed by atoms with Crippen LogP contribution in [-0.2, 0) is 4.74 Å². The molecule has 3 rings (SSSR count). The Labute approximate surface area is 174 Å². The van der Waals surface area contributed by atoms with Crippen molar-refractivity contribution >= 4 is 29.2 Å². The molecule has 150 valence electrons. The molecular formula is C22H21ClN2O4. The van der Waals surface area contributed by atoms with E-state index in [1.807, 2.05) is 37.2 Å². The molecule has 0 unspecified atom stereocenters. The first-order valence-corrected chi connectivity index (χ1v) is 9.40. The van der Waals surface area contributed by atoms with Crippen LogP contribution < -0.4 is 5.32 Å². The van der Waals surface area contributed by atoms with Gasteiger partial charge in [-0.3, -0.25) is 4.79 Å². The quantitative estimate of drug-likeness (QED) is 0.575. The number of benzene rings is 2. The Bertz CT molecular complexity index is 996. The van der Waals surface area contributed by atoms with Gasteiger partial charge >= 0.3 is 5.97 Å². The number of amides is 1. The maximum Gasteiger partial charge on any atom is 0.338 e. The Hall–Kier alpha value is -3.09. The van der Waals surface area contributed by atoms with Gasteiger partial charge in [-0.2, -0.15) is 0 Å². The minimum absolute atomic E-state index is 0.159. The fraction of sp³-hybridized carbons (Fsp3) is 0.182. The number of hydrogen-bond donors (Lipinski definition) is 1. The largest absolute Gasteiger partial charge is 0.461 e. The molecule has 0 aliphatic carbocycles. The average Bonchev–Trinajstić information content (AvgIpc) is 3.18. The topological polar surface area (TPSA) is 71.8 Å². The van der Waals surface area contributed by atoms with E-state index >= 15 is 0 Å². The minimum atomic E-state index is -0.403. The molecule has 0 saturated carbocycles. The molecule has 6 nitrogen and oxygen atoms in total. The second kappa shape index (κ2) is 9.41. The monoisotopic (exact) mass is 412 g/mol. The number of nitrogens with one attached hydrogen (secondary N) is 1. The van der Waals surface area contributed by atoms with Gasteiger partial charge in [0.05, 0.1) is 10.6 Å². The van der Waals surface area contributed by atoms with Crippen molar-refractivity contribution in [2.24, 2.45) is 0 Å². The van der Waals surface area contributed by atoms with Gasteiger partial charge in [-0.25, -0.2) is 4.79 Å². The van der Waals surface area contributed by atoms with E-state index < -0.39 is 11.9 Å². The van der Waals surface area contributed by atoms with Gasteiger partial charge in [-0.1, -0.05) is 23.7 Å². The van der Waals surface area contributed by atoms with E-state index in [1.165, 1.54) is 0 Å². The van der Waals surface area contributed by atoms with Gasteiger partial charge < -0.3 is 19.4 Å². The number of carbonyl (C=O) groups excluding carboxylic acids is 2. The highest BCUT2D eigenvalue weighted by atomic mass is 35.5. The Kier molecular flexibility index (Phi) is 6.69. The van der Waals surface area contributed by atoms with Crippen LogP contribution in [-0.4, -0.2) is 44.0 Å². The zero-order valence-electron chi connectivity index (χ0n) is 16.1. The molecule has 0 fully saturated rings. The van der Waals surface area contributed by atoms with Crippen LogP contribution in [0.15, 0.2) is 65.1 Å². The van der Waals surface area contributed by atoms with Crippen LogP contribution >= 0.6 is 11.6 Å². The van der Waals surface area contributed by atoms with Gasteiger partial charge in [0.15, 0.2) is 5.76 Å². The molecule has 0 atom stereocenters. The molecule has 1 aromatic heterocycles. The van der Waals surface area contributed by atoms with Gasteiger partial charge in [-0.15, -0.1) is 0 Å². The summed E-state index contributed by atoms with van der Waals surface area (Å²) in [6.45, 7) is 0.968. The highest BCUT2D eigenvalue weighted by Crippen LogP contribution is 2.29. The summed E-state index contributed by atoms with van der Waals surface area (Å²) in [6, 6.07) is 17.0. The van der Waals surface area contributed by atoms with Gasteiger partial charge in [0.2, 0.25) is 0 Å². The van der Waals surface area contributed by atoms with Crippen molar-refractivity contribution in [2.45, 2.75) is 0 Å². The molecule has 0 bridgehead atoms. The summed E-state index contributed by atoms with van der Waals surface area (Å²) in [5, 5.41) is 3.28. The Morgan fingerprint density at radius 2 is 1.76 bits per heavy atom. The number of ether oxygens (including phenoxy) is 1. The molecule has 0 spiro atoms. The lowest BCUT2D eigenvalue weighted by Gasteiger charge is -2.10. The number of rotatable bonds is 7. The lowest BCUT2D eigenvalue weighted by molar-refractivity contribution is 0.0482. The molecular weight excluding hydrogens is 392 g/mol. The van der Waals surface area contributed by atoms with Crippen molar-refractivity contribution < 1.29 is 18.7 Å². The highest BCUT2D eigenvalue weighted by molar-refractivity contribution is 6.33. The third-order valence-corrected chi connectivity index (χ3v) is 4.45. The predicted octanol–water partition coefficient (Wildman–Crippen LogP) is 4.57. The van der Waals surface area contributed by atoms with E-state index in [4.69, 9.17) is 20.8 Å². The van der Waals surface area contributed by atoms with Crippen molar-refractivity contribution in [3.8, 4) is 11.3 Å². The van der Waals surface area contributed by atoms with Gasteiger partial charge in [-0.05, 0) is 62.6 Å². The maximum atomic E-state index is 12.4. The van der Waals surface area contributed by atoms with Gasteiger partial charge in [0.25, 0.3) is 5.91 Å². The van der Waals surface area contributed by atoms with E-state index in [-0.39, 0.29) is 5.76 Å². The SMILES string of the molecule is CN(C)CCOC(=O)c1ccc(NC(=O)c2ccc(-c3ccccc3Cl)o2)cc1. The molecule has 0 aliphatic rings. The number of furan rings is 1. The molecule has 1 amide bonds. The van der Waals surface area contributed by atoms with E-state index in [2.05, 4.69) is 5.32 Å². The summed E-state index contributed by atoms with van der Waals surface area (Å²) in [7, 11) is 3.81. The number of esters is 1. The summed E-state index contributed by atoms with van der Waals surface area (Å²) in [6.07, 6.45) is 0. The normalized spacial score (nSPS) is 10.8. The predicted molar refractivity (Wildman–Crippen MR) is 112 cm³/mol. The van der Waals surface area contributed by atoms with Crippen LogP contribution in [0.3, 0.4) is 0 Å². The molecule has 3 aromatic rings. The Morgan fingerprint density at radius 3 is 2.45 bits per heavy atom. The zero-order valence-corrected chi connectivity index (χ0v) is 16.9. The molecule has 0 radical (unpaired) electrons. The van der Waals surface area contributed by atoms with Crippen LogP contribution in [0.4, 0.5) is 5.69 Å². The standard InChI is InChI=1S/C22H21ClN2O4/c1-25(2)13-14-28-22(27)15-7-9-16(10-8-15)24-21(26)20-12-11-19(29-20)17-5-3-4-6-18(17)23/h3-12H,13-14H2,1-2H3,(H,24,26). The van der Waals surface area contributed by atoms with Crippen molar-refractivity contribution in [3.05, 3.63) is 77.0 Å². The first kappa shape index (κ1) is 20.6. The Morgan fingerprint density at radius 1 is 1.03 bits per heavy atom. The van der Waals surface area contributed by atoms with E-state index in [0.717, 1.165) is 0 Å². The zero-order chi connectivity index (χ0) is 20.8. The number of hydrogen-bond acceptors (Lipinski definition) is 5. The fourth-order valence-corrected chi connectivity index (χ4v) is 2.78. The minimum Gasteiger partial charge on any atom is -0.461 e. The average molecular weight is 413 g/mol. The van der Waals surface area contributed by atoms with E-state index in [0.29, 0.717) is 40.7 Å². The van der Waals surface area contributed by atoms with Gasteiger partial charge in [0, 0.05) is 17.8 Å². The number of carbonyl (C=O) groups is 2. The second-order valence-electron chi connectivity index (χ2n) is 6.61. The molecule has 1 N–H and O–H groups in total. The van der Waals surface area contributed by atoms with Crippen LogP contribution in [0.5, 0.6) is 0 Å². The number of anilines is 1. The van der Waals surface area contributed by atoms with Crippen molar-refractivity contribution in [2.75, 3.05) is 32.6 Å². The number of nitrogens with zero attached hydrogens (tertiary/aromatic N) is 1. The van der Waals surface area contributed by atoms with Crippen molar-refractivity contribution in [1.29, 1.82) is 0 Å². The molecule has 0 aliphatic heterocycles. The number of halogens is 1. The molecule has 29 heavy (non-hydrogen) atoms. The molecule has 2 aromatic carbocycles. The van der Waals surface area contributed by atoms with Crippen LogP contribution in [0, 0.1) is 0 Å². The van der Waals surface area contributed by atoms with E-state index in [9.17, 15) is 9.59 Å². The summed E-state index contributed by atoms with van der Waals surface area (Å²) in [4.78, 5) is 26.4. The van der Waals surface area contributed by atoms with Crippen molar-refractivity contribution in [1.82, 2.24) is 4.90 Å². The summed E-state index contributed by atoms with van der Waals surface area (Å²) >= 11 is 6.16. The van der Waals surface area contributed by atoms with Crippen molar-refractivity contribution in [3.63, 3.8) is 0 Å². The third-order valence-electron chi connectivity index (χ3n) is 4.12. The van der Waals surface area contributed by atoms with Crippen LogP contribution in [0.25, 0.3) is 11.3 Å². The second-order valence-corrected chi connectivity index (χ2v) is 7.02. The first-order chi connectivity index (χ1) is 13.9. The molecule has 0 saturated heterocycles. The molecule has 7 heteroatoms. The number of likely N-dealkylation sites (N-methyl/N-ethyl adjacent to an activating group) is 1. The molecule has 1 heterocycles. The lowest BCUT2D eigenvalue weighted by Crippen LogP contribution is -2.20. The first-order valence-electron chi connectivity index (χ1n) is 9.02. The lowest BCUT2D eigenvalue weighted by atomic mass is 10.2. The fourth-order valence-electron chi connectivity index (χ4n) is 2.55. The highest BCUT2D eigenvalue weighted by Gasteiger charge is 2.14. The summed E-state index contributed by atoms with van der Waals surface area (Å²) in [5.74, 6) is -0.131.